The quantitative estimate of drug-likeness (QED) is 0.423. The molecule has 0 rings (SSSR count). The maximum Gasteiger partial charge on any atom is 0.152 e. The minimum atomic E-state index is -0.373. The molecule has 0 radical (unpaired) electrons. The Balaban J connectivity index is 3.54. The summed E-state index contributed by atoms with van der Waals surface area (Å²) in [5.41, 5.74) is 0. The molecule has 2 N–H and O–H groups in total. The second-order valence-electron chi connectivity index (χ2n) is 2.77. The van der Waals surface area contributed by atoms with E-state index in [4.69, 9.17) is 5.11 Å². The van der Waals surface area contributed by atoms with Gasteiger partial charge in [-0.15, -0.1) is 0 Å². The van der Waals surface area contributed by atoms with E-state index in [-0.39, 0.29) is 18.4 Å². The van der Waals surface area contributed by atoms with Gasteiger partial charge in [-0.2, -0.15) is 0 Å². The first-order valence-corrected chi connectivity index (χ1v) is 5.33. The topological polar surface area (TPSA) is 49.3 Å². The van der Waals surface area contributed by atoms with Crippen molar-refractivity contribution in [1.82, 2.24) is 3.53 Å². The molecule has 0 fully saturated rings. The van der Waals surface area contributed by atoms with Crippen molar-refractivity contribution in [2.45, 2.75) is 38.6 Å². The number of Topliss-reactive ketones (excluding diaryl/α,β-unsaturated/α-hetero) is 1. The highest BCUT2D eigenvalue weighted by Gasteiger charge is 2.14. The Morgan fingerprint density at radius 1 is 1.58 bits per heavy atom. The number of carbonyl (C=O) groups is 1. The molecule has 0 aliphatic heterocycles. The summed E-state index contributed by atoms with van der Waals surface area (Å²) >= 11 is 1.89. The SMILES string of the molecule is CCCCCC(=O)C(CO)NI. The first-order chi connectivity index (χ1) is 5.76. The van der Waals surface area contributed by atoms with Gasteiger partial charge in [-0.3, -0.25) is 4.79 Å². The fourth-order valence-electron chi connectivity index (χ4n) is 0.921. The van der Waals surface area contributed by atoms with Crippen molar-refractivity contribution in [2.24, 2.45) is 0 Å². The molecular formula is C8H16INO2. The molecule has 4 heteroatoms. The zero-order chi connectivity index (χ0) is 9.40. The fourth-order valence-corrected chi connectivity index (χ4v) is 1.46. The highest BCUT2D eigenvalue weighted by molar-refractivity contribution is 14.1. The Labute approximate surface area is 87.4 Å². The summed E-state index contributed by atoms with van der Waals surface area (Å²) < 4.78 is 2.75. The maximum absolute atomic E-state index is 11.3. The first kappa shape index (κ1) is 12.3. The van der Waals surface area contributed by atoms with Gasteiger partial charge in [-0.05, 0) is 6.42 Å². The average molecular weight is 285 g/mol. The number of carbonyl (C=O) groups excluding carboxylic acids is 1. The Hall–Kier alpha value is 0.320. The van der Waals surface area contributed by atoms with Crippen LogP contribution in [0.4, 0.5) is 0 Å². The van der Waals surface area contributed by atoms with E-state index >= 15 is 0 Å². The fraction of sp³-hybridized carbons (Fsp3) is 0.875. The number of ketones is 1. The molecule has 0 amide bonds. The van der Waals surface area contributed by atoms with Crippen LogP contribution < -0.4 is 3.53 Å². The number of aliphatic hydroxyl groups is 1. The molecule has 0 aromatic rings. The molecule has 0 aliphatic rings. The van der Waals surface area contributed by atoms with Crippen LogP contribution in [0.1, 0.15) is 32.6 Å². The molecule has 0 heterocycles. The van der Waals surface area contributed by atoms with Crippen molar-refractivity contribution in [3.8, 4) is 0 Å². The zero-order valence-corrected chi connectivity index (χ0v) is 9.50. The van der Waals surface area contributed by atoms with Crippen LogP contribution in [0, 0.1) is 0 Å². The van der Waals surface area contributed by atoms with Gasteiger partial charge in [0.05, 0.1) is 12.6 Å². The third-order valence-electron chi connectivity index (χ3n) is 1.73. The Morgan fingerprint density at radius 2 is 2.25 bits per heavy atom. The molecule has 0 aromatic carbocycles. The summed E-state index contributed by atoms with van der Waals surface area (Å²) in [6, 6.07) is -0.373. The van der Waals surface area contributed by atoms with E-state index in [9.17, 15) is 4.79 Å². The summed E-state index contributed by atoms with van der Waals surface area (Å²) in [6.07, 6.45) is 3.72. The highest BCUT2D eigenvalue weighted by atomic mass is 127. The largest absolute Gasteiger partial charge is 0.394 e. The number of hydrogen-bond donors (Lipinski definition) is 2. The molecule has 1 atom stereocenters. The van der Waals surface area contributed by atoms with Crippen LogP contribution in [0.2, 0.25) is 0 Å². The molecule has 12 heavy (non-hydrogen) atoms. The second kappa shape index (κ2) is 7.94. The average Bonchev–Trinajstić information content (AvgIpc) is 2.07. The first-order valence-electron chi connectivity index (χ1n) is 4.26. The van der Waals surface area contributed by atoms with Gasteiger partial charge in [0.25, 0.3) is 0 Å². The number of hydrogen-bond acceptors (Lipinski definition) is 3. The summed E-state index contributed by atoms with van der Waals surface area (Å²) in [6.45, 7) is 2.00. The molecule has 72 valence electrons. The summed E-state index contributed by atoms with van der Waals surface area (Å²) in [5, 5.41) is 8.76. The summed E-state index contributed by atoms with van der Waals surface area (Å²) in [7, 11) is 0. The molecule has 1 unspecified atom stereocenters. The lowest BCUT2D eigenvalue weighted by molar-refractivity contribution is -0.121. The van der Waals surface area contributed by atoms with E-state index < -0.39 is 0 Å². The molecule has 0 saturated heterocycles. The number of aliphatic hydroxyl groups excluding tert-OH is 1. The van der Waals surface area contributed by atoms with E-state index in [2.05, 4.69) is 10.5 Å². The minimum Gasteiger partial charge on any atom is -0.394 e. The lowest BCUT2D eigenvalue weighted by Crippen LogP contribution is -2.33. The summed E-state index contributed by atoms with van der Waals surface area (Å²) in [4.78, 5) is 11.3. The predicted octanol–water partition coefficient (Wildman–Crippen LogP) is 1.44. The number of unbranched alkanes of at least 4 members (excludes halogenated alkanes) is 2. The molecule has 3 nitrogen and oxygen atoms in total. The van der Waals surface area contributed by atoms with Gasteiger partial charge < -0.3 is 5.11 Å². The van der Waals surface area contributed by atoms with Gasteiger partial charge in [-0.25, -0.2) is 3.53 Å². The minimum absolute atomic E-state index is 0.103. The van der Waals surface area contributed by atoms with Crippen LogP contribution in [-0.4, -0.2) is 23.5 Å². The maximum atomic E-state index is 11.3. The van der Waals surface area contributed by atoms with E-state index in [1.54, 1.807) is 0 Å². The smallest absolute Gasteiger partial charge is 0.152 e. The van der Waals surface area contributed by atoms with Crippen LogP contribution >= 0.6 is 22.9 Å². The van der Waals surface area contributed by atoms with Crippen LogP contribution in [0.3, 0.4) is 0 Å². The van der Waals surface area contributed by atoms with Gasteiger partial charge in [0.2, 0.25) is 0 Å². The molecule has 0 spiro atoms. The Bertz CT molecular complexity index is 126. The zero-order valence-electron chi connectivity index (χ0n) is 7.35. The number of nitrogens with one attached hydrogen (secondary N) is 1. The van der Waals surface area contributed by atoms with Crippen LogP contribution in [-0.2, 0) is 4.79 Å². The van der Waals surface area contributed by atoms with Gasteiger partial charge in [-0.1, -0.05) is 19.8 Å². The highest BCUT2D eigenvalue weighted by Crippen LogP contribution is 2.02. The van der Waals surface area contributed by atoms with Gasteiger partial charge in [0, 0.05) is 29.3 Å². The van der Waals surface area contributed by atoms with Crippen LogP contribution in [0.15, 0.2) is 0 Å². The predicted molar refractivity (Wildman–Crippen MR) is 57.2 cm³/mol. The van der Waals surface area contributed by atoms with Crippen molar-refractivity contribution in [2.75, 3.05) is 6.61 Å². The molecule has 0 aromatic heterocycles. The van der Waals surface area contributed by atoms with Gasteiger partial charge in [0.15, 0.2) is 5.78 Å². The van der Waals surface area contributed by atoms with Crippen LogP contribution in [0.5, 0.6) is 0 Å². The summed E-state index contributed by atoms with van der Waals surface area (Å²) in [5.74, 6) is 0.111. The molecule has 0 bridgehead atoms. The normalized spacial score (nSPS) is 12.9. The van der Waals surface area contributed by atoms with Crippen molar-refractivity contribution < 1.29 is 9.90 Å². The molecule has 0 saturated carbocycles. The van der Waals surface area contributed by atoms with Gasteiger partial charge >= 0.3 is 0 Å². The van der Waals surface area contributed by atoms with Crippen molar-refractivity contribution in [3.63, 3.8) is 0 Å². The van der Waals surface area contributed by atoms with Crippen LogP contribution in [0.25, 0.3) is 0 Å². The van der Waals surface area contributed by atoms with Gasteiger partial charge in [0.1, 0.15) is 0 Å². The van der Waals surface area contributed by atoms with E-state index in [0.29, 0.717) is 6.42 Å². The van der Waals surface area contributed by atoms with Crippen molar-refractivity contribution >= 4 is 28.6 Å². The third-order valence-corrected chi connectivity index (χ3v) is 2.48. The monoisotopic (exact) mass is 285 g/mol. The van der Waals surface area contributed by atoms with Crippen molar-refractivity contribution in [3.05, 3.63) is 0 Å². The lowest BCUT2D eigenvalue weighted by atomic mass is 10.1. The van der Waals surface area contributed by atoms with E-state index in [1.165, 1.54) is 0 Å². The Morgan fingerprint density at radius 3 is 2.67 bits per heavy atom. The number of halogens is 1. The van der Waals surface area contributed by atoms with E-state index in [1.807, 2.05) is 22.9 Å². The number of rotatable bonds is 7. The second-order valence-corrected chi connectivity index (χ2v) is 3.39. The molecular weight excluding hydrogens is 269 g/mol. The standard InChI is InChI=1S/C8H16INO2/c1-2-3-4-5-8(12)7(6-11)10-9/h7,10-11H,2-6H2,1H3. The van der Waals surface area contributed by atoms with Crippen molar-refractivity contribution in [1.29, 1.82) is 0 Å². The molecule has 0 aliphatic carbocycles. The van der Waals surface area contributed by atoms with E-state index in [0.717, 1.165) is 19.3 Å². The Kier molecular flexibility index (Phi) is 8.15. The third kappa shape index (κ3) is 5.05. The lowest BCUT2D eigenvalue weighted by Gasteiger charge is -2.09.